The number of aromatic hydroxyl groups is 1. The summed E-state index contributed by atoms with van der Waals surface area (Å²) < 4.78 is 0. The van der Waals surface area contributed by atoms with Crippen molar-refractivity contribution in [3.63, 3.8) is 0 Å². The van der Waals surface area contributed by atoms with Crippen molar-refractivity contribution in [2.24, 2.45) is 5.73 Å². The van der Waals surface area contributed by atoms with E-state index in [9.17, 15) is 5.11 Å². The van der Waals surface area contributed by atoms with Crippen LogP contribution in [0, 0.1) is 0 Å². The van der Waals surface area contributed by atoms with E-state index in [2.05, 4.69) is 9.97 Å². The smallest absolute Gasteiger partial charge is 0.159 e. The van der Waals surface area contributed by atoms with Crippen molar-refractivity contribution >= 4 is 0 Å². The van der Waals surface area contributed by atoms with Gasteiger partial charge in [-0.25, -0.2) is 9.97 Å². The molecule has 1 aromatic carbocycles. The number of phenolic OH excluding ortho intramolecular Hbond substituents is 1. The highest BCUT2D eigenvalue weighted by Gasteiger charge is 2.35. The van der Waals surface area contributed by atoms with Gasteiger partial charge in [-0.1, -0.05) is 12.1 Å². The number of nitrogens with zero attached hydrogens (tertiary/aromatic N) is 2. The molecule has 0 unspecified atom stereocenters. The number of phenols is 1. The average molecular weight is 227 g/mol. The summed E-state index contributed by atoms with van der Waals surface area (Å²) in [4.78, 5) is 8.62. The lowest BCUT2D eigenvalue weighted by atomic mass is 10.2. The molecule has 4 heteroatoms. The van der Waals surface area contributed by atoms with E-state index in [4.69, 9.17) is 5.73 Å². The third-order valence-corrected chi connectivity index (χ3v) is 3.04. The molecule has 3 N–H and O–H groups in total. The average Bonchev–Trinajstić information content (AvgIpc) is 3.07. The van der Waals surface area contributed by atoms with Gasteiger partial charge in [0.1, 0.15) is 5.75 Å². The minimum atomic E-state index is 0.222. The normalized spacial score (nSPS) is 22.4. The Bertz CT molecular complexity index is 539. The Morgan fingerprint density at radius 1 is 1.24 bits per heavy atom. The van der Waals surface area contributed by atoms with E-state index in [0.717, 1.165) is 17.5 Å². The second kappa shape index (κ2) is 3.82. The Morgan fingerprint density at radius 3 is 2.53 bits per heavy atom. The van der Waals surface area contributed by atoms with Crippen LogP contribution in [0.1, 0.15) is 17.9 Å². The van der Waals surface area contributed by atoms with Gasteiger partial charge in [0, 0.05) is 29.9 Å². The summed E-state index contributed by atoms with van der Waals surface area (Å²) in [5.41, 5.74) is 7.69. The summed E-state index contributed by atoms with van der Waals surface area (Å²) in [5, 5.41) is 9.39. The standard InChI is InChI=1S/C13H13N3O/c14-12-5-11(12)9-6-15-13(16-7-9)8-2-1-3-10(17)4-8/h1-4,6-7,11-12,17H,5,14H2/t11-,12+/m1/s1. The zero-order chi connectivity index (χ0) is 11.8. The van der Waals surface area contributed by atoms with Gasteiger partial charge < -0.3 is 10.8 Å². The van der Waals surface area contributed by atoms with E-state index < -0.39 is 0 Å². The molecule has 1 saturated carbocycles. The van der Waals surface area contributed by atoms with Gasteiger partial charge >= 0.3 is 0 Å². The van der Waals surface area contributed by atoms with Crippen molar-refractivity contribution in [1.29, 1.82) is 0 Å². The molecule has 3 rings (SSSR count). The van der Waals surface area contributed by atoms with Gasteiger partial charge in [-0.2, -0.15) is 0 Å². The summed E-state index contributed by atoms with van der Waals surface area (Å²) >= 11 is 0. The first-order valence-electron chi connectivity index (χ1n) is 5.61. The van der Waals surface area contributed by atoms with Crippen molar-refractivity contribution in [3.8, 4) is 17.1 Å². The molecule has 0 spiro atoms. The Hall–Kier alpha value is -1.94. The van der Waals surface area contributed by atoms with Gasteiger partial charge in [-0.05, 0) is 24.1 Å². The Balaban J connectivity index is 1.89. The van der Waals surface area contributed by atoms with Crippen LogP contribution in [-0.2, 0) is 0 Å². The number of aromatic nitrogens is 2. The number of hydrogen-bond donors (Lipinski definition) is 2. The quantitative estimate of drug-likeness (QED) is 0.818. The fourth-order valence-electron chi connectivity index (χ4n) is 1.92. The molecule has 86 valence electrons. The Labute approximate surface area is 99.2 Å². The monoisotopic (exact) mass is 227 g/mol. The molecule has 0 radical (unpaired) electrons. The summed E-state index contributed by atoms with van der Waals surface area (Å²) in [5.74, 6) is 1.27. The van der Waals surface area contributed by atoms with Crippen molar-refractivity contribution in [2.45, 2.75) is 18.4 Å². The maximum absolute atomic E-state index is 9.39. The first kappa shape index (κ1) is 10.2. The number of hydrogen-bond acceptors (Lipinski definition) is 4. The first-order chi connectivity index (χ1) is 8.24. The molecule has 2 atom stereocenters. The summed E-state index contributed by atoms with van der Waals surface area (Å²) in [6, 6.07) is 7.19. The van der Waals surface area contributed by atoms with Gasteiger partial charge in [-0.15, -0.1) is 0 Å². The van der Waals surface area contributed by atoms with Gasteiger partial charge in [-0.3, -0.25) is 0 Å². The third-order valence-electron chi connectivity index (χ3n) is 3.04. The molecule has 0 bridgehead atoms. The van der Waals surface area contributed by atoms with Gasteiger partial charge in [0.15, 0.2) is 5.82 Å². The second-order valence-corrected chi connectivity index (χ2v) is 4.40. The predicted molar refractivity (Wildman–Crippen MR) is 64.5 cm³/mol. The SMILES string of the molecule is N[C@H]1C[C@@H]1c1cnc(-c2cccc(O)c2)nc1. The third kappa shape index (κ3) is 1.99. The molecular formula is C13H13N3O. The van der Waals surface area contributed by atoms with Crippen LogP contribution in [0.15, 0.2) is 36.7 Å². The molecule has 0 saturated heterocycles. The minimum Gasteiger partial charge on any atom is -0.508 e. The molecule has 1 aliphatic rings. The number of nitrogens with two attached hydrogens (primary N) is 1. The largest absolute Gasteiger partial charge is 0.508 e. The number of benzene rings is 1. The van der Waals surface area contributed by atoms with Crippen LogP contribution >= 0.6 is 0 Å². The molecule has 0 amide bonds. The van der Waals surface area contributed by atoms with Crippen molar-refractivity contribution in [1.82, 2.24) is 9.97 Å². The lowest BCUT2D eigenvalue weighted by molar-refractivity contribution is 0.475. The lowest BCUT2D eigenvalue weighted by Gasteiger charge is -2.02. The topological polar surface area (TPSA) is 72.0 Å². The van der Waals surface area contributed by atoms with E-state index in [1.54, 1.807) is 18.2 Å². The maximum atomic E-state index is 9.39. The number of rotatable bonds is 2. The molecule has 1 aliphatic carbocycles. The first-order valence-corrected chi connectivity index (χ1v) is 5.61. The van der Waals surface area contributed by atoms with Crippen LogP contribution in [0.4, 0.5) is 0 Å². The molecule has 4 nitrogen and oxygen atoms in total. The molecule has 0 aliphatic heterocycles. The van der Waals surface area contributed by atoms with Crippen LogP contribution in [0.3, 0.4) is 0 Å². The van der Waals surface area contributed by atoms with E-state index in [-0.39, 0.29) is 11.8 Å². The fourth-order valence-corrected chi connectivity index (χ4v) is 1.92. The highest BCUT2D eigenvalue weighted by atomic mass is 16.3. The highest BCUT2D eigenvalue weighted by molar-refractivity contribution is 5.57. The minimum absolute atomic E-state index is 0.222. The van der Waals surface area contributed by atoms with Crippen molar-refractivity contribution in [2.75, 3.05) is 0 Å². The molecule has 17 heavy (non-hydrogen) atoms. The predicted octanol–water partition coefficient (Wildman–Crippen LogP) is 1.66. The fraction of sp³-hybridized carbons (Fsp3) is 0.231. The molecule has 1 heterocycles. The van der Waals surface area contributed by atoms with Crippen LogP contribution in [0.2, 0.25) is 0 Å². The Kier molecular flexibility index (Phi) is 2.30. The van der Waals surface area contributed by atoms with Gasteiger partial charge in [0.05, 0.1) is 0 Å². The van der Waals surface area contributed by atoms with Crippen molar-refractivity contribution < 1.29 is 5.11 Å². The maximum Gasteiger partial charge on any atom is 0.159 e. The zero-order valence-corrected chi connectivity index (χ0v) is 9.24. The second-order valence-electron chi connectivity index (χ2n) is 4.40. The Morgan fingerprint density at radius 2 is 1.94 bits per heavy atom. The van der Waals surface area contributed by atoms with Crippen LogP contribution in [0.5, 0.6) is 5.75 Å². The van der Waals surface area contributed by atoms with Gasteiger partial charge in [0.2, 0.25) is 0 Å². The summed E-state index contributed by atoms with van der Waals surface area (Å²) in [6.45, 7) is 0. The summed E-state index contributed by atoms with van der Waals surface area (Å²) in [6.07, 6.45) is 4.67. The van der Waals surface area contributed by atoms with Crippen LogP contribution in [0.25, 0.3) is 11.4 Å². The van der Waals surface area contributed by atoms with E-state index in [1.165, 1.54) is 0 Å². The van der Waals surface area contributed by atoms with E-state index in [0.29, 0.717) is 11.7 Å². The molecular weight excluding hydrogens is 214 g/mol. The highest BCUT2D eigenvalue weighted by Crippen LogP contribution is 2.38. The van der Waals surface area contributed by atoms with Gasteiger partial charge in [0.25, 0.3) is 0 Å². The molecule has 1 fully saturated rings. The molecule has 2 aromatic rings. The zero-order valence-electron chi connectivity index (χ0n) is 9.24. The van der Waals surface area contributed by atoms with Crippen LogP contribution in [-0.4, -0.2) is 21.1 Å². The summed E-state index contributed by atoms with van der Waals surface area (Å²) in [7, 11) is 0. The lowest BCUT2D eigenvalue weighted by Crippen LogP contribution is -2.01. The van der Waals surface area contributed by atoms with Crippen molar-refractivity contribution in [3.05, 3.63) is 42.2 Å². The van der Waals surface area contributed by atoms with Crippen LogP contribution < -0.4 is 5.73 Å². The van der Waals surface area contributed by atoms with E-state index in [1.807, 2.05) is 18.5 Å². The molecule has 1 aromatic heterocycles. The van der Waals surface area contributed by atoms with E-state index >= 15 is 0 Å².